The van der Waals surface area contributed by atoms with Crippen molar-refractivity contribution in [2.45, 2.75) is 25.8 Å². The number of carboxylic acid groups (broad SMARTS) is 1. The normalized spacial score (nSPS) is 16.1. The van der Waals surface area contributed by atoms with Crippen molar-refractivity contribution in [2.75, 3.05) is 13.1 Å². The molecule has 1 aliphatic rings. The number of aromatic amines is 1. The van der Waals surface area contributed by atoms with Crippen LogP contribution in [0.25, 0.3) is 11.2 Å². The van der Waals surface area contributed by atoms with Gasteiger partial charge in [-0.05, 0) is 31.4 Å². The molecular formula is C14H16N4O4. The number of hydrogen-bond donors (Lipinski definition) is 2. The highest BCUT2D eigenvalue weighted by Crippen LogP contribution is 2.23. The Hall–Kier alpha value is -2.64. The van der Waals surface area contributed by atoms with E-state index in [0.717, 1.165) is 5.56 Å². The maximum Gasteiger partial charge on any atom is 0.407 e. The van der Waals surface area contributed by atoms with Gasteiger partial charge in [-0.1, -0.05) is 0 Å². The molecule has 0 atom stereocenters. The van der Waals surface area contributed by atoms with E-state index in [2.05, 4.69) is 9.97 Å². The zero-order chi connectivity index (χ0) is 15.9. The van der Waals surface area contributed by atoms with E-state index >= 15 is 0 Å². The average molecular weight is 304 g/mol. The maximum atomic E-state index is 12.3. The highest BCUT2D eigenvalue weighted by Gasteiger charge is 2.26. The quantitative estimate of drug-likeness (QED) is 0.754. The minimum Gasteiger partial charge on any atom is -0.465 e. The van der Waals surface area contributed by atoms with E-state index in [1.807, 2.05) is 6.92 Å². The molecule has 22 heavy (non-hydrogen) atoms. The first-order valence-corrected chi connectivity index (χ1v) is 7.07. The van der Waals surface area contributed by atoms with Crippen molar-refractivity contribution in [3.8, 4) is 0 Å². The van der Waals surface area contributed by atoms with Gasteiger partial charge in [0.15, 0.2) is 5.65 Å². The predicted octanol–water partition coefficient (Wildman–Crippen LogP) is 0.708. The van der Waals surface area contributed by atoms with Gasteiger partial charge in [-0.2, -0.15) is 0 Å². The van der Waals surface area contributed by atoms with E-state index in [1.54, 1.807) is 12.3 Å². The van der Waals surface area contributed by atoms with Gasteiger partial charge in [0.05, 0.1) is 5.52 Å². The summed E-state index contributed by atoms with van der Waals surface area (Å²) in [5.74, 6) is 0. The molecule has 1 aliphatic heterocycles. The Morgan fingerprint density at radius 1 is 1.36 bits per heavy atom. The van der Waals surface area contributed by atoms with Gasteiger partial charge in [-0.3, -0.25) is 14.2 Å². The summed E-state index contributed by atoms with van der Waals surface area (Å²) in [5, 5.41) is 8.99. The van der Waals surface area contributed by atoms with Gasteiger partial charge in [-0.15, -0.1) is 0 Å². The van der Waals surface area contributed by atoms with E-state index in [-0.39, 0.29) is 6.04 Å². The zero-order valence-electron chi connectivity index (χ0n) is 12.1. The standard InChI is InChI=1S/C14H16N4O4/c1-8-2-5-15-11-10(8)16-12(19)13(20)18(11)9-3-6-17(7-4-9)14(21)22/h2,5,9H,3-4,6-7H2,1H3,(H,16,19)(H,21,22). The second kappa shape index (κ2) is 5.28. The van der Waals surface area contributed by atoms with Crippen LogP contribution in [0.15, 0.2) is 21.9 Å². The van der Waals surface area contributed by atoms with E-state index in [9.17, 15) is 14.4 Å². The molecule has 1 fully saturated rings. The molecule has 116 valence electrons. The number of H-pyrrole nitrogens is 1. The number of fused-ring (bicyclic) bond motifs is 1. The van der Waals surface area contributed by atoms with Gasteiger partial charge in [0.2, 0.25) is 0 Å². The van der Waals surface area contributed by atoms with E-state index < -0.39 is 17.2 Å². The molecular weight excluding hydrogens is 288 g/mol. The van der Waals surface area contributed by atoms with Crippen LogP contribution in [0.3, 0.4) is 0 Å². The minimum absolute atomic E-state index is 0.220. The Morgan fingerprint density at radius 2 is 2.05 bits per heavy atom. The molecule has 2 aromatic rings. The summed E-state index contributed by atoms with van der Waals surface area (Å²) >= 11 is 0. The summed E-state index contributed by atoms with van der Waals surface area (Å²) in [4.78, 5) is 43.3. The van der Waals surface area contributed by atoms with Crippen LogP contribution in [-0.2, 0) is 0 Å². The lowest BCUT2D eigenvalue weighted by molar-refractivity contribution is 0.125. The van der Waals surface area contributed by atoms with Crippen LogP contribution in [0, 0.1) is 6.92 Å². The van der Waals surface area contributed by atoms with Crippen molar-refractivity contribution < 1.29 is 9.90 Å². The Labute approximate surface area is 125 Å². The van der Waals surface area contributed by atoms with Crippen LogP contribution in [0.4, 0.5) is 4.79 Å². The van der Waals surface area contributed by atoms with Crippen LogP contribution < -0.4 is 11.1 Å². The summed E-state index contributed by atoms with van der Waals surface area (Å²) in [6.07, 6.45) is 1.61. The molecule has 1 saturated heterocycles. The molecule has 0 saturated carbocycles. The molecule has 3 rings (SSSR count). The fourth-order valence-corrected chi connectivity index (χ4v) is 2.91. The molecule has 2 aromatic heterocycles. The lowest BCUT2D eigenvalue weighted by atomic mass is 10.0. The van der Waals surface area contributed by atoms with E-state index in [4.69, 9.17) is 5.11 Å². The molecule has 3 heterocycles. The first kappa shape index (κ1) is 14.3. The Kier molecular flexibility index (Phi) is 3.44. The molecule has 0 radical (unpaired) electrons. The fraction of sp³-hybridized carbons (Fsp3) is 0.429. The molecule has 0 aromatic carbocycles. The SMILES string of the molecule is Cc1ccnc2c1[nH]c(=O)c(=O)n2C1CCN(C(=O)O)CC1. The molecule has 2 N–H and O–H groups in total. The highest BCUT2D eigenvalue weighted by atomic mass is 16.4. The minimum atomic E-state index is -0.962. The second-order valence-electron chi connectivity index (χ2n) is 5.46. The van der Waals surface area contributed by atoms with Crippen molar-refractivity contribution in [1.29, 1.82) is 0 Å². The van der Waals surface area contributed by atoms with E-state index in [1.165, 1.54) is 9.47 Å². The van der Waals surface area contributed by atoms with Crippen LogP contribution in [0.1, 0.15) is 24.4 Å². The molecule has 0 bridgehead atoms. The number of aryl methyl sites for hydroxylation is 1. The number of pyridine rings is 1. The number of carbonyl (C=O) groups is 1. The number of aromatic nitrogens is 3. The number of hydrogen-bond acceptors (Lipinski definition) is 4. The molecule has 1 amide bonds. The molecule has 8 nitrogen and oxygen atoms in total. The Bertz CT molecular complexity index is 846. The number of likely N-dealkylation sites (tertiary alicyclic amines) is 1. The number of piperidine rings is 1. The summed E-state index contributed by atoms with van der Waals surface area (Å²) in [6.45, 7) is 2.51. The maximum absolute atomic E-state index is 12.3. The first-order valence-electron chi connectivity index (χ1n) is 7.07. The molecule has 0 aliphatic carbocycles. The molecule has 0 spiro atoms. The Balaban J connectivity index is 2.10. The van der Waals surface area contributed by atoms with Gasteiger partial charge in [-0.25, -0.2) is 9.78 Å². The summed E-state index contributed by atoms with van der Waals surface area (Å²) in [5.41, 5.74) is 0.508. The predicted molar refractivity (Wildman–Crippen MR) is 79.2 cm³/mol. The second-order valence-corrected chi connectivity index (χ2v) is 5.46. The molecule has 8 heteroatoms. The first-order chi connectivity index (χ1) is 10.5. The number of rotatable bonds is 1. The van der Waals surface area contributed by atoms with Crippen molar-refractivity contribution in [2.24, 2.45) is 0 Å². The van der Waals surface area contributed by atoms with Crippen LogP contribution in [0.5, 0.6) is 0 Å². The van der Waals surface area contributed by atoms with Gasteiger partial charge < -0.3 is 15.0 Å². The average Bonchev–Trinajstić information content (AvgIpc) is 2.50. The summed E-state index contributed by atoms with van der Waals surface area (Å²) in [7, 11) is 0. The monoisotopic (exact) mass is 304 g/mol. The van der Waals surface area contributed by atoms with Crippen molar-refractivity contribution >= 4 is 17.3 Å². The number of nitrogens with one attached hydrogen (secondary N) is 1. The van der Waals surface area contributed by atoms with Crippen molar-refractivity contribution in [3.05, 3.63) is 38.5 Å². The Morgan fingerprint density at radius 3 is 2.68 bits per heavy atom. The van der Waals surface area contributed by atoms with E-state index in [0.29, 0.717) is 37.1 Å². The van der Waals surface area contributed by atoms with Crippen LogP contribution in [-0.4, -0.2) is 43.7 Å². The van der Waals surface area contributed by atoms with Gasteiger partial charge in [0.25, 0.3) is 0 Å². The smallest absolute Gasteiger partial charge is 0.407 e. The van der Waals surface area contributed by atoms with Crippen molar-refractivity contribution in [3.63, 3.8) is 0 Å². The fourth-order valence-electron chi connectivity index (χ4n) is 2.91. The summed E-state index contributed by atoms with van der Waals surface area (Å²) in [6, 6.07) is 1.54. The lowest BCUT2D eigenvalue weighted by Crippen LogP contribution is -2.44. The third-order valence-corrected chi connectivity index (χ3v) is 4.12. The zero-order valence-corrected chi connectivity index (χ0v) is 12.1. The topological polar surface area (TPSA) is 108 Å². The number of amides is 1. The van der Waals surface area contributed by atoms with Crippen LogP contribution in [0.2, 0.25) is 0 Å². The third kappa shape index (κ3) is 2.26. The van der Waals surface area contributed by atoms with Gasteiger partial charge >= 0.3 is 17.2 Å². The van der Waals surface area contributed by atoms with Crippen LogP contribution >= 0.6 is 0 Å². The largest absolute Gasteiger partial charge is 0.465 e. The molecule has 0 unspecified atom stereocenters. The lowest BCUT2D eigenvalue weighted by Gasteiger charge is -2.31. The summed E-state index contributed by atoms with van der Waals surface area (Å²) < 4.78 is 1.42. The van der Waals surface area contributed by atoms with Gasteiger partial charge in [0, 0.05) is 25.3 Å². The van der Waals surface area contributed by atoms with Crippen molar-refractivity contribution in [1.82, 2.24) is 19.4 Å². The highest BCUT2D eigenvalue weighted by molar-refractivity contribution is 5.73. The third-order valence-electron chi connectivity index (χ3n) is 4.12. The number of nitrogens with zero attached hydrogens (tertiary/aromatic N) is 3. The van der Waals surface area contributed by atoms with Gasteiger partial charge in [0.1, 0.15) is 0 Å².